The predicted octanol–water partition coefficient (Wildman–Crippen LogP) is 22.0. The molecule has 0 aliphatic rings. The molecule has 0 saturated heterocycles. The molecular formula is C76H148O17P2. The van der Waals surface area contributed by atoms with Crippen LogP contribution in [0.1, 0.15) is 383 Å². The van der Waals surface area contributed by atoms with Gasteiger partial charge >= 0.3 is 39.5 Å². The highest BCUT2D eigenvalue weighted by Crippen LogP contribution is 2.45. The second kappa shape index (κ2) is 65.4. The molecule has 8 atom stereocenters. The van der Waals surface area contributed by atoms with Gasteiger partial charge < -0.3 is 33.8 Å². The first-order valence-corrected chi connectivity index (χ1v) is 42.3. The molecule has 0 aliphatic heterocycles. The fraction of sp³-hybridized carbons (Fsp3) is 0.947. The van der Waals surface area contributed by atoms with Gasteiger partial charge in [0.25, 0.3) is 0 Å². The highest BCUT2D eigenvalue weighted by molar-refractivity contribution is 7.47. The summed E-state index contributed by atoms with van der Waals surface area (Å²) in [4.78, 5) is 72.8. The van der Waals surface area contributed by atoms with E-state index in [-0.39, 0.29) is 25.7 Å². The number of carbonyl (C=O) groups excluding carboxylic acids is 4. The van der Waals surface area contributed by atoms with Gasteiger partial charge in [0.05, 0.1) is 26.4 Å². The monoisotopic (exact) mass is 1400 g/mol. The second-order valence-corrected chi connectivity index (χ2v) is 31.5. The predicted molar refractivity (Wildman–Crippen MR) is 386 cm³/mol. The topological polar surface area (TPSA) is 237 Å². The molecule has 0 amide bonds. The van der Waals surface area contributed by atoms with E-state index in [1.165, 1.54) is 180 Å². The van der Waals surface area contributed by atoms with Crippen LogP contribution in [0.2, 0.25) is 0 Å². The summed E-state index contributed by atoms with van der Waals surface area (Å²) < 4.78 is 68.5. The maximum absolute atomic E-state index is 13.1. The van der Waals surface area contributed by atoms with Crippen molar-refractivity contribution < 1.29 is 80.2 Å². The molecule has 3 N–H and O–H groups in total. The summed E-state index contributed by atoms with van der Waals surface area (Å²) in [6, 6.07) is 0. The molecule has 564 valence electrons. The SMILES string of the molecule is CCC(C)CCCCCCCCCCCCCCCCC(=O)OC[C@H](COP(=O)(O)OC[C@@H](O)COP(=O)(O)OC[C@@H](COC(=O)CCCCCCCCC(C)CC)OC(=O)CCCCCCCCCCC(C)CC)OC(=O)CCCCCCCCCCCCCCC(C)C. The molecular weight excluding hydrogens is 1250 g/mol. The van der Waals surface area contributed by atoms with Crippen molar-refractivity contribution in [1.29, 1.82) is 0 Å². The number of carbonyl (C=O) groups is 4. The van der Waals surface area contributed by atoms with Crippen molar-refractivity contribution in [3.8, 4) is 0 Å². The van der Waals surface area contributed by atoms with Gasteiger partial charge in [-0.1, -0.05) is 331 Å². The number of phosphoric ester groups is 2. The van der Waals surface area contributed by atoms with Crippen LogP contribution in [0.3, 0.4) is 0 Å². The number of hydrogen-bond donors (Lipinski definition) is 3. The Balaban J connectivity index is 5.25. The summed E-state index contributed by atoms with van der Waals surface area (Å²) >= 11 is 0. The van der Waals surface area contributed by atoms with E-state index in [0.29, 0.717) is 25.7 Å². The smallest absolute Gasteiger partial charge is 0.462 e. The number of unbranched alkanes of at least 4 members (excludes halogenated alkanes) is 36. The van der Waals surface area contributed by atoms with E-state index >= 15 is 0 Å². The van der Waals surface area contributed by atoms with Gasteiger partial charge in [-0.3, -0.25) is 37.3 Å². The molecule has 95 heavy (non-hydrogen) atoms. The van der Waals surface area contributed by atoms with Gasteiger partial charge in [0.15, 0.2) is 12.2 Å². The standard InChI is InChI=1S/C76H148O17P2/c1-9-67(6)53-45-37-29-23-19-14-12-13-15-20-24-31-40-48-56-73(78)86-62-71(92-75(80)58-50-42-32-25-21-17-16-18-22-28-36-44-52-66(4)5)64-90-94(82,83)88-60-70(77)61-89-95(84,85)91-65-72(63-87-74(79)57-49-41-35-34-39-47-55-69(8)11-3)93-76(81)59-51-43-33-27-26-30-38-46-54-68(7)10-2/h66-72,77H,9-65H2,1-8H3,(H,82,83)(H,84,85)/t67?,68?,69?,70-,71-,72-/m1/s1. The Morgan fingerprint density at radius 2 is 0.505 bits per heavy atom. The molecule has 0 radical (unpaired) electrons. The number of hydrogen-bond acceptors (Lipinski definition) is 15. The normalized spacial score (nSPS) is 15.0. The fourth-order valence-corrected chi connectivity index (χ4v) is 13.0. The Bertz CT molecular complexity index is 1870. The van der Waals surface area contributed by atoms with E-state index in [4.69, 9.17) is 37.0 Å². The Morgan fingerprint density at radius 3 is 0.747 bits per heavy atom. The summed E-state index contributed by atoms with van der Waals surface area (Å²) in [5.41, 5.74) is 0. The van der Waals surface area contributed by atoms with Crippen LogP contribution in [0.25, 0.3) is 0 Å². The van der Waals surface area contributed by atoms with Gasteiger partial charge in [-0.25, -0.2) is 9.13 Å². The summed E-state index contributed by atoms with van der Waals surface area (Å²) in [6.07, 6.45) is 49.9. The summed E-state index contributed by atoms with van der Waals surface area (Å²) in [5, 5.41) is 10.6. The molecule has 0 spiro atoms. The molecule has 0 heterocycles. The molecule has 5 unspecified atom stereocenters. The minimum absolute atomic E-state index is 0.104. The Labute approximate surface area is 581 Å². The lowest BCUT2D eigenvalue weighted by molar-refractivity contribution is -0.161. The van der Waals surface area contributed by atoms with Crippen molar-refractivity contribution >= 4 is 39.5 Å². The van der Waals surface area contributed by atoms with Crippen LogP contribution in [-0.4, -0.2) is 96.7 Å². The van der Waals surface area contributed by atoms with Crippen LogP contribution in [0.4, 0.5) is 0 Å². The van der Waals surface area contributed by atoms with Crippen molar-refractivity contribution in [3.05, 3.63) is 0 Å². The van der Waals surface area contributed by atoms with Gasteiger partial charge in [0.2, 0.25) is 0 Å². The van der Waals surface area contributed by atoms with Gasteiger partial charge in [0.1, 0.15) is 19.3 Å². The highest BCUT2D eigenvalue weighted by Gasteiger charge is 2.30. The van der Waals surface area contributed by atoms with Crippen LogP contribution in [0.15, 0.2) is 0 Å². The van der Waals surface area contributed by atoms with E-state index < -0.39 is 97.5 Å². The first-order valence-electron chi connectivity index (χ1n) is 39.3. The lowest BCUT2D eigenvalue weighted by Crippen LogP contribution is -2.30. The molecule has 0 fully saturated rings. The van der Waals surface area contributed by atoms with E-state index in [0.717, 1.165) is 120 Å². The van der Waals surface area contributed by atoms with E-state index in [1.54, 1.807) is 0 Å². The average Bonchev–Trinajstić information content (AvgIpc) is 1.35. The zero-order valence-electron chi connectivity index (χ0n) is 62.3. The number of aliphatic hydroxyl groups excluding tert-OH is 1. The molecule has 0 rings (SSSR count). The van der Waals surface area contributed by atoms with Crippen LogP contribution in [-0.2, 0) is 65.4 Å². The minimum atomic E-state index is -4.96. The molecule has 0 aromatic rings. The molecule has 17 nitrogen and oxygen atoms in total. The number of aliphatic hydroxyl groups is 1. The van der Waals surface area contributed by atoms with Crippen molar-refractivity contribution in [1.82, 2.24) is 0 Å². The number of rotatable bonds is 73. The molecule has 0 bridgehead atoms. The maximum atomic E-state index is 13.1. The Hall–Kier alpha value is -1.94. The van der Waals surface area contributed by atoms with Crippen molar-refractivity contribution in [2.24, 2.45) is 23.7 Å². The summed E-state index contributed by atoms with van der Waals surface area (Å²) in [5.74, 6) is 1.00. The Morgan fingerprint density at radius 1 is 0.295 bits per heavy atom. The van der Waals surface area contributed by atoms with Crippen molar-refractivity contribution in [2.75, 3.05) is 39.6 Å². The number of phosphoric acid groups is 2. The van der Waals surface area contributed by atoms with Crippen LogP contribution in [0.5, 0.6) is 0 Å². The van der Waals surface area contributed by atoms with Crippen LogP contribution < -0.4 is 0 Å². The average molecular weight is 1400 g/mol. The van der Waals surface area contributed by atoms with Crippen LogP contribution >= 0.6 is 15.6 Å². The largest absolute Gasteiger partial charge is 0.472 e. The quantitative estimate of drug-likeness (QED) is 0.0222. The van der Waals surface area contributed by atoms with Crippen LogP contribution in [0, 0.1) is 23.7 Å². The number of esters is 4. The lowest BCUT2D eigenvalue weighted by atomic mass is 9.99. The minimum Gasteiger partial charge on any atom is -0.462 e. The molecule has 19 heteroatoms. The molecule has 0 saturated carbocycles. The van der Waals surface area contributed by atoms with Gasteiger partial charge in [-0.2, -0.15) is 0 Å². The maximum Gasteiger partial charge on any atom is 0.472 e. The molecule has 0 aromatic heterocycles. The third-order valence-corrected chi connectivity index (χ3v) is 20.6. The first kappa shape index (κ1) is 93.1. The second-order valence-electron chi connectivity index (χ2n) is 28.6. The number of ether oxygens (including phenoxy) is 4. The van der Waals surface area contributed by atoms with Gasteiger partial charge in [-0.05, 0) is 49.4 Å². The van der Waals surface area contributed by atoms with Gasteiger partial charge in [0, 0.05) is 25.7 Å². The van der Waals surface area contributed by atoms with E-state index in [1.807, 2.05) is 0 Å². The van der Waals surface area contributed by atoms with Crippen molar-refractivity contribution in [2.45, 2.75) is 401 Å². The van der Waals surface area contributed by atoms with Gasteiger partial charge in [-0.15, -0.1) is 0 Å². The Kier molecular flexibility index (Phi) is 64.0. The van der Waals surface area contributed by atoms with Crippen molar-refractivity contribution in [3.63, 3.8) is 0 Å². The lowest BCUT2D eigenvalue weighted by Gasteiger charge is -2.21. The van der Waals surface area contributed by atoms with E-state index in [9.17, 15) is 43.2 Å². The fourth-order valence-electron chi connectivity index (χ4n) is 11.5. The molecule has 0 aromatic carbocycles. The third-order valence-electron chi connectivity index (χ3n) is 18.7. The highest BCUT2D eigenvalue weighted by atomic mass is 31.2. The summed E-state index contributed by atoms with van der Waals surface area (Å²) in [6.45, 7) is 14.2. The molecule has 0 aliphatic carbocycles. The van der Waals surface area contributed by atoms with E-state index in [2.05, 4.69) is 55.4 Å². The first-order chi connectivity index (χ1) is 45.7. The summed E-state index contributed by atoms with van der Waals surface area (Å²) in [7, 11) is -9.91. The zero-order chi connectivity index (χ0) is 70.3. The zero-order valence-corrected chi connectivity index (χ0v) is 64.1. The third kappa shape index (κ3) is 66.4.